The lowest BCUT2D eigenvalue weighted by Crippen LogP contribution is -2.20. The lowest BCUT2D eigenvalue weighted by atomic mass is 10.2. The van der Waals surface area contributed by atoms with Crippen molar-refractivity contribution in [2.45, 2.75) is 13.3 Å². The highest BCUT2D eigenvalue weighted by Crippen LogP contribution is 2.26. The van der Waals surface area contributed by atoms with E-state index in [0.29, 0.717) is 16.6 Å². The van der Waals surface area contributed by atoms with Crippen LogP contribution in [0.5, 0.6) is 5.75 Å². The number of hydrogen-bond donors (Lipinski definition) is 1. The van der Waals surface area contributed by atoms with Gasteiger partial charge in [-0.2, -0.15) is 0 Å². The molecule has 2 aromatic rings. The van der Waals surface area contributed by atoms with Gasteiger partial charge >= 0.3 is 0 Å². The van der Waals surface area contributed by atoms with E-state index < -0.39 is 0 Å². The molecule has 0 spiro atoms. The Bertz CT molecular complexity index is 632. The zero-order chi connectivity index (χ0) is 15.2. The molecule has 1 N–H and O–H groups in total. The van der Waals surface area contributed by atoms with Gasteiger partial charge in [-0.1, -0.05) is 24.6 Å². The van der Waals surface area contributed by atoms with Gasteiger partial charge in [0.1, 0.15) is 10.9 Å². The molecular weight excluding hydrogens is 356 g/mol. The van der Waals surface area contributed by atoms with Crippen molar-refractivity contribution in [3.05, 3.63) is 51.7 Å². The largest absolute Gasteiger partial charge is 0.483 e. The molecule has 0 bridgehead atoms. The number of nitrogens with one attached hydrogen (secondary N) is 1. The van der Waals surface area contributed by atoms with Crippen molar-refractivity contribution >= 4 is 39.1 Å². The standard InChI is InChI=1S/C15H14BrClN2O2/c1-2-10-3-5-13(12(16)7-10)21-9-15(20)19-11-4-6-14(17)18-8-11/h3-8H,2,9H2,1H3,(H,19,20). The van der Waals surface area contributed by atoms with Gasteiger partial charge in [-0.05, 0) is 52.2 Å². The third kappa shape index (κ3) is 4.72. The maximum Gasteiger partial charge on any atom is 0.262 e. The normalized spacial score (nSPS) is 10.2. The van der Waals surface area contributed by atoms with Crippen molar-refractivity contribution in [3.8, 4) is 5.75 Å². The summed E-state index contributed by atoms with van der Waals surface area (Å²) in [6, 6.07) is 9.09. The number of benzene rings is 1. The Kier molecular flexibility index (Phi) is 5.59. The van der Waals surface area contributed by atoms with Crippen molar-refractivity contribution in [2.75, 3.05) is 11.9 Å². The minimum absolute atomic E-state index is 0.0767. The number of aromatic nitrogens is 1. The summed E-state index contributed by atoms with van der Waals surface area (Å²) >= 11 is 9.11. The third-order valence-electron chi connectivity index (χ3n) is 2.77. The minimum Gasteiger partial charge on any atom is -0.483 e. The van der Waals surface area contributed by atoms with Crippen molar-refractivity contribution in [1.29, 1.82) is 0 Å². The van der Waals surface area contributed by atoms with Crippen molar-refractivity contribution in [2.24, 2.45) is 0 Å². The van der Waals surface area contributed by atoms with E-state index in [1.54, 1.807) is 12.1 Å². The minimum atomic E-state index is -0.259. The van der Waals surface area contributed by atoms with E-state index in [9.17, 15) is 4.79 Å². The van der Waals surface area contributed by atoms with Gasteiger partial charge in [0.15, 0.2) is 6.61 Å². The summed E-state index contributed by atoms with van der Waals surface area (Å²) in [5.74, 6) is 0.377. The SMILES string of the molecule is CCc1ccc(OCC(=O)Nc2ccc(Cl)nc2)c(Br)c1. The first-order valence-corrected chi connectivity index (χ1v) is 7.58. The quantitative estimate of drug-likeness (QED) is 0.808. The van der Waals surface area contributed by atoms with Crippen LogP contribution >= 0.6 is 27.5 Å². The second-order valence-corrected chi connectivity index (χ2v) is 5.57. The predicted octanol–water partition coefficient (Wildman–Crippen LogP) is 4.08. The number of pyridine rings is 1. The summed E-state index contributed by atoms with van der Waals surface area (Å²) in [5, 5.41) is 3.06. The van der Waals surface area contributed by atoms with Crippen LogP contribution in [0.15, 0.2) is 41.0 Å². The smallest absolute Gasteiger partial charge is 0.262 e. The molecule has 0 unspecified atom stereocenters. The number of rotatable bonds is 5. The lowest BCUT2D eigenvalue weighted by molar-refractivity contribution is -0.118. The first-order valence-electron chi connectivity index (χ1n) is 6.41. The van der Waals surface area contributed by atoms with Crippen LogP contribution in [0.4, 0.5) is 5.69 Å². The Morgan fingerprint density at radius 3 is 2.81 bits per heavy atom. The van der Waals surface area contributed by atoms with Crippen LogP contribution in [0.25, 0.3) is 0 Å². The van der Waals surface area contributed by atoms with Crippen LogP contribution in [0.2, 0.25) is 5.15 Å². The van der Waals surface area contributed by atoms with E-state index in [0.717, 1.165) is 10.9 Å². The van der Waals surface area contributed by atoms with Crippen LogP contribution in [0.1, 0.15) is 12.5 Å². The zero-order valence-electron chi connectivity index (χ0n) is 11.4. The van der Waals surface area contributed by atoms with E-state index in [2.05, 4.69) is 33.2 Å². The van der Waals surface area contributed by atoms with E-state index in [1.807, 2.05) is 18.2 Å². The highest BCUT2D eigenvalue weighted by atomic mass is 79.9. The molecule has 0 radical (unpaired) electrons. The molecule has 0 atom stereocenters. The third-order valence-corrected chi connectivity index (χ3v) is 3.62. The Hall–Kier alpha value is -1.59. The molecule has 0 saturated carbocycles. The number of carbonyl (C=O) groups is 1. The molecule has 2 rings (SSSR count). The van der Waals surface area contributed by atoms with Gasteiger partial charge in [0.25, 0.3) is 5.91 Å². The number of ether oxygens (including phenoxy) is 1. The van der Waals surface area contributed by atoms with E-state index in [4.69, 9.17) is 16.3 Å². The average Bonchev–Trinajstić information content (AvgIpc) is 2.48. The summed E-state index contributed by atoms with van der Waals surface area (Å²) < 4.78 is 6.32. The first kappa shape index (κ1) is 15.8. The maximum absolute atomic E-state index is 11.8. The van der Waals surface area contributed by atoms with Crippen LogP contribution in [-0.2, 0) is 11.2 Å². The van der Waals surface area contributed by atoms with Crippen molar-refractivity contribution < 1.29 is 9.53 Å². The molecular formula is C15H14BrClN2O2. The number of amides is 1. The van der Waals surface area contributed by atoms with Crippen molar-refractivity contribution in [1.82, 2.24) is 4.98 Å². The van der Waals surface area contributed by atoms with Gasteiger partial charge in [0.2, 0.25) is 0 Å². The van der Waals surface area contributed by atoms with Crippen LogP contribution in [0, 0.1) is 0 Å². The molecule has 1 heterocycles. The van der Waals surface area contributed by atoms with Crippen LogP contribution in [-0.4, -0.2) is 17.5 Å². The van der Waals surface area contributed by atoms with E-state index >= 15 is 0 Å². The summed E-state index contributed by atoms with van der Waals surface area (Å²) in [6.45, 7) is 2.00. The molecule has 1 aromatic carbocycles. The molecule has 0 aliphatic heterocycles. The Labute approximate surface area is 136 Å². The lowest BCUT2D eigenvalue weighted by Gasteiger charge is -2.09. The molecule has 0 saturated heterocycles. The number of halogens is 2. The summed E-state index contributed by atoms with van der Waals surface area (Å²) in [4.78, 5) is 15.7. The Balaban J connectivity index is 1.90. The van der Waals surface area contributed by atoms with Gasteiger partial charge in [-0.15, -0.1) is 0 Å². The summed E-state index contributed by atoms with van der Waals surface area (Å²) in [7, 11) is 0. The number of hydrogen-bond acceptors (Lipinski definition) is 3. The number of carbonyl (C=O) groups excluding carboxylic acids is 1. The second kappa shape index (κ2) is 7.43. The molecule has 21 heavy (non-hydrogen) atoms. The second-order valence-electron chi connectivity index (χ2n) is 4.32. The highest BCUT2D eigenvalue weighted by Gasteiger charge is 2.07. The predicted molar refractivity (Wildman–Crippen MR) is 86.9 cm³/mol. The highest BCUT2D eigenvalue weighted by molar-refractivity contribution is 9.10. The molecule has 1 aromatic heterocycles. The zero-order valence-corrected chi connectivity index (χ0v) is 13.7. The van der Waals surface area contributed by atoms with Gasteiger partial charge in [0.05, 0.1) is 16.4 Å². The fourth-order valence-electron chi connectivity index (χ4n) is 1.67. The molecule has 0 fully saturated rings. The fourth-order valence-corrected chi connectivity index (χ4v) is 2.32. The Morgan fingerprint density at radius 1 is 1.38 bits per heavy atom. The topological polar surface area (TPSA) is 51.2 Å². The van der Waals surface area contributed by atoms with E-state index in [-0.39, 0.29) is 12.5 Å². The molecule has 0 aliphatic carbocycles. The average molecular weight is 370 g/mol. The number of aryl methyl sites for hydroxylation is 1. The first-order chi connectivity index (χ1) is 10.1. The fraction of sp³-hybridized carbons (Fsp3) is 0.200. The van der Waals surface area contributed by atoms with Crippen LogP contribution < -0.4 is 10.1 Å². The Morgan fingerprint density at radius 2 is 2.19 bits per heavy atom. The molecule has 6 heteroatoms. The summed E-state index contributed by atoms with van der Waals surface area (Å²) in [6.07, 6.45) is 2.44. The molecule has 0 aliphatic rings. The molecule has 4 nitrogen and oxygen atoms in total. The van der Waals surface area contributed by atoms with Gasteiger partial charge in [-0.25, -0.2) is 4.98 Å². The van der Waals surface area contributed by atoms with Gasteiger partial charge in [-0.3, -0.25) is 4.79 Å². The van der Waals surface area contributed by atoms with E-state index in [1.165, 1.54) is 11.8 Å². The molecule has 110 valence electrons. The molecule has 1 amide bonds. The monoisotopic (exact) mass is 368 g/mol. The van der Waals surface area contributed by atoms with Gasteiger partial charge < -0.3 is 10.1 Å². The van der Waals surface area contributed by atoms with Crippen LogP contribution in [0.3, 0.4) is 0 Å². The number of nitrogens with zero attached hydrogens (tertiary/aromatic N) is 1. The summed E-state index contributed by atoms with van der Waals surface area (Å²) in [5.41, 5.74) is 1.78. The van der Waals surface area contributed by atoms with Crippen molar-refractivity contribution in [3.63, 3.8) is 0 Å². The number of anilines is 1. The maximum atomic E-state index is 11.8. The van der Waals surface area contributed by atoms with Gasteiger partial charge in [0, 0.05) is 0 Å².